The second-order valence-corrected chi connectivity index (χ2v) is 4.04. The van der Waals surface area contributed by atoms with Crippen molar-refractivity contribution in [3.8, 4) is 0 Å². The summed E-state index contributed by atoms with van der Waals surface area (Å²) >= 11 is 0. The first-order chi connectivity index (χ1) is 8.03. The van der Waals surface area contributed by atoms with Crippen LogP contribution in [-0.4, -0.2) is 47.0 Å². The van der Waals surface area contributed by atoms with Gasteiger partial charge < -0.3 is 19.8 Å². The zero-order valence-corrected chi connectivity index (χ0v) is 9.38. The summed E-state index contributed by atoms with van der Waals surface area (Å²) in [6.45, 7) is 2.33. The lowest BCUT2D eigenvalue weighted by molar-refractivity contribution is -0.150. The molecule has 2 rings (SSSR count). The zero-order valence-electron chi connectivity index (χ0n) is 9.38. The van der Waals surface area contributed by atoms with E-state index in [-0.39, 0.29) is 24.8 Å². The molecule has 2 heterocycles. The highest BCUT2D eigenvalue weighted by atomic mass is 16.5. The summed E-state index contributed by atoms with van der Waals surface area (Å²) in [6, 6.07) is 0. The molecule has 1 aliphatic heterocycles. The molecular formula is C10H13N3O4. The molecular weight excluding hydrogens is 226 g/mol. The number of oxazole rings is 1. The topological polar surface area (TPSA) is 98.7 Å². The standard InChI is InChI=1S/C10H13N3O4/c1-10(9(11)15)5-13(2-3-17-10)8(14)7-4-12-6-16-7/h4,6H,2-3,5H2,1H3,(H2,11,15). The van der Waals surface area contributed by atoms with E-state index in [2.05, 4.69) is 4.98 Å². The van der Waals surface area contributed by atoms with Crippen LogP contribution in [0.2, 0.25) is 0 Å². The summed E-state index contributed by atoms with van der Waals surface area (Å²) in [4.78, 5) is 28.3. The van der Waals surface area contributed by atoms with Crippen molar-refractivity contribution in [2.45, 2.75) is 12.5 Å². The maximum absolute atomic E-state index is 12.0. The summed E-state index contributed by atoms with van der Waals surface area (Å²) in [7, 11) is 0. The maximum Gasteiger partial charge on any atom is 0.291 e. The summed E-state index contributed by atoms with van der Waals surface area (Å²) in [5.74, 6) is -0.774. The summed E-state index contributed by atoms with van der Waals surface area (Å²) in [5.41, 5.74) is 4.10. The molecule has 7 heteroatoms. The molecule has 0 radical (unpaired) electrons. The predicted octanol–water partition coefficient (Wildman–Crippen LogP) is -0.609. The van der Waals surface area contributed by atoms with Crippen LogP contribution in [0.25, 0.3) is 0 Å². The van der Waals surface area contributed by atoms with E-state index in [1.54, 1.807) is 6.92 Å². The number of amides is 2. The van der Waals surface area contributed by atoms with Crippen LogP contribution in [0.15, 0.2) is 17.0 Å². The average molecular weight is 239 g/mol. The first-order valence-electron chi connectivity index (χ1n) is 5.14. The minimum atomic E-state index is -1.14. The number of hydrogen-bond donors (Lipinski definition) is 1. The second-order valence-electron chi connectivity index (χ2n) is 4.04. The summed E-state index contributed by atoms with van der Waals surface area (Å²) in [6.07, 6.45) is 2.51. The quantitative estimate of drug-likeness (QED) is 0.742. The van der Waals surface area contributed by atoms with Gasteiger partial charge in [0.2, 0.25) is 5.76 Å². The predicted molar refractivity (Wildman–Crippen MR) is 56.0 cm³/mol. The van der Waals surface area contributed by atoms with Gasteiger partial charge in [0.1, 0.15) is 0 Å². The molecule has 92 valence electrons. The summed E-state index contributed by atoms with van der Waals surface area (Å²) in [5, 5.41) is 0. The number of aromatic nitrogens is 1. The van der Waals surface area contributed by atoms with Crippen LogP contribution >= 0.6 is 0 Å². The van der Waals surface area contributed by atoms with Crippen molar-refractivity contribution in [3.05, 3.63) is 18.4 Å². The van der Waals surface area contributed by atoms with Crippen molar-refractivity contribution in [2.75, 3.05) is 19.7 Å². The third-order valence-corrected chi connectivity index (χ3v) is 2.73. The van der Waals surface area contributed by atoms with E-state index in [1.165, 1.54) is 17.5 Å². The van der Waals surface area contributed by atoms with Gasteiger partial charge in [-0.1, -0.05) is 0 Å². The highest BCUT2D eigenvalue weighted by molar-refractivity contribution is 5.92. The van der Waals surface area contributed by atoms with E-state index in [1.807, 2.05) is 0 Å². The van der Waals surface area contributed by atoms with Gasteiger partial charge in [0.25, 0.3) is 11.8 Å². The Labute approximate surface area is 97.5 Å². The Hall–Kier alpha value is -1.89. The molecule has 0 bridgehead atoms. The SMILES string of the molecule is CC1(C(N)=O)CN(C(=O)c2cnco2)CCO1. The molecule has 0 aromatic carbocycles. The Kier molecular flexibility index (Phi) is 2.84. The molecule has 1 saturated heterocycles. The van der Waals surface area contributed by atoms with Gasteiger partial charge in [-0.3, -0.25) is 9.59 Å². The fraction of sp³-hybridized carbons (Fsp3) is 0.500. The number of nitrogens with zero attached hydrogens (tertiary/aromatic N) is 2. The fourth-order valence-corrected chi connectivity index (χ4v) is 1.67. The third kappa shape index (κ3) is 2.14. The van der Waals surface area contributed by atoms with Gasteiger partial charge in [0.15, 0.2) is 12.0 Å². The first kappa shape index (κ1) is 11.6. The van der Waals surface area contributed by atoms with E-state index >= 15 is 0 Å². The van der Waals surface area contributed by atoms with Gasteiger partial charge in [-0.15, -0.1) is 0 Å². The number of rotatable bonds is 2. The molecule has 0 saturated carbocycles. The van der Waals surface area contributed by atoms with E-state index in [0.29, 0.717) is 6.54 Å². The van der Waals surface area contributed by atoms with Crippen LogP contribution in [0.5, 0.6) is 0 Å². The van der Waals surface area contributed by atoms with Crippen molar-refractivity contribution in [1.82, 2.24) is 9.88 Å². The molecule has 2 N–H and O–H groups in total. The molecule has 17 heavy (non-hydrogen) atoms. The normalized spacial score (nSPS) is 24.6. The highest BCUT2D eigenvalue weighted by Gasteiger charge is 2.39. The van der Waals surface area contributed by atoms with E-state index in [0.717, 1.165) is 0 Å². The molecule has 7 nitrogen and oxygen atoms in total. The summed E-state index contributed by atoms with van der Waals surface area (Å²) < 4.78 is 10.2. The monoisotopic (exact) mass is 239 g/mol. The van der Waals surface area contributed by atoms with E-state index in [9.17, 15) is 9.59 Å². The molecule has 1 fully saturated rings. The Morgan fingerprint density at radius 3 is 2.94 bits per heavy atom. The van der Waals surface area contributed by atoms with Crippen molar-refractivity contribution in [2.24, 2.45) is 5.73 Å². The molecule has 1 aromatic rings. The van der Waals surface area contributed by atoms with Gasteiger partial charge in [0.05, 0.1) is 19.3 Å². The van der Waals surface area contributed by atoms with Crippen molar-refractivity contribution in [1.29, 1.82) is 0 Å². The van der Waals surface area contributed by atoms with Gasteiger partial charge >= 0.3 is 0 Å². The lowest BCUT2D eigenvalue weighted by atomic mass is 10.0. The first-order valence-corrected chi connectivity index (χ1v) is 5.14. The van der Waals surface area contributed by atoms with E-state index < -0.39 is 11.5 Å². The Morgan fingerprint density at radius 1 is 1.59 bits per heavy atom. The molecule has 0 aliphatic carbocycles. The van der Waals surface area contributed by atoms with Crippen LogP contribution < -0.4 is 5.73 Å². The fourth-order valence-electron chi connectivity index (χ4n) is 1.67. The zero-order chi connectivity index (χ0) is 12.5. The van der Waals surface area contributed by atoms with Crippen molar-refractivity contribution >= 4 is 11.8 Å². The number of nitrogens with two attached hydrogens (primary N) is 1. The van der Waals surface area contributed by atoms with Gasteiger partial charge in [-0.05, 0) is 6.92 Å². The van der Waals surface area contributed by atoms with Gasteiger partial charge in [-0.25, -0.2) is 4.98 Å². The third-order valence-electron chi connectivity index (χ3n) is 2.73. The Balaban J connectivity index is 2.13. The molecule has 2 amide bonds. The van der Waals surface area contributed by atoms with Crippen molar-refractivity contribution < 1.29 is 18.7 Å². The second kappa shape index (κ2) is 4.17. The Bertz CT molecular complexity index is 431. The minimum Gasteiger partial charge on any atom is -0.438 e. The number of morpholine rings is 1. The molecule has 0 spiro atoms. The van der Waals surface area contributed by atoms with Crippen LogP contribution in [-0.2, 0) is 9.53 Å². The van der Waals surface area contributed by atoms with Crippen LogP contribution in [0, 0.1) is 0 Å². The van der Waals surface area contributed by atoms with Crippen LogP contribution in [0.3, 0.4) is 0 Å². The van der Waals surface area contributed by atoms with Crippen molar-refractivity contribution in [3.63, 3.8) is 0 Å². The number of carbonyl (C=O) groups is 2. The molecule has 1 aliphatic rings. The van der Waals surface area contributed by atoms with E-state index in [4.69, 9.17) is 14.9 Å². The van der Waals surface area contributed by atoms with Gasteiger partial charge in [-0.2, -0.15) is 0 Å². The molecule has 1 unspecified atom stereocenters. The Morgan fingerprint density at radius 2 is 2.35 bits per heavy atom. The maximum atomic E-state index is 12.0. The largest absolute Gasteiger partial charge is 0.438 e. The lowest BCUT2D eigenvalue weighted by Gasteiger charge is -2.37. The highest BCUT2D eigenvalue weighted by Crippen LogP contribution is 2.18. The minimum absolute atomic E-state index is 0.113. The van der Waals surface area contributed by atoms with Crippen LogP contribution in [0.4, 0.5) is 0 Å². The average Bonchev–Trinajstić information content (AvgIpc) is 2.81. The smallest absolute Gasteiger partial charge is 0.291 e. The number of primary amides is 1. The lowest BCUT2D eigenvalue weighted by Crippen LogP contribution is -2.58. The number of carbonyl (C=O) groups excluding carboxylic acids is 2. The molecule has 1 aromatic heterocycles. The van der Waals surface area contributed by atoms with Crippen LogP contribution in [0.1, 0.15) is 17.5 Å². The van der Waals surface area contributed by atoms with Gasteiger partial charge in [0, 0.05) is 6.54 Å². The molecule has 1 atom stereocenters. The number of ether oxygens (including phenoxy) is 1. The number of hydrogen-bond acceptors (Lipinski definition) is 5.